The number of hydrogen-bond donors (Lipinski definition) is 1. The Bertz CT molecular complexity index is 1500. The highest BCUT2D eigenvalue weighted by molar-refractivity contribution is 6.36. The molecule has 2 bridgehead atoms. The topological polar surface area (TPSA) is 110 Å². The molecule has 10 heteroatoms. The normalized spacial score (nSPS) is 25.5. The van der Waals surface area contributed by atoms with Gasteiger partial charge in [0.25, 0.3) is 5.69 Å². The van der Waals surface area contributed by atoms with E-state index in [0.29, 0.717) is 30.5 Å². The fourth-order valence-electron chi connectivity index (χ4n) is 6.78. The molecule has 41 heavy (non-hydrogen) atoms. The van der Waals surface area contributed by atoms with Gasteiger partial charge in [0.1, 0.15) is 9.75 Å². The van der Waals surface area contributed by atoms with Crippen molar-refractivity contribution in [2.24, 2.45) is 11.8 Å². The second-order valence-corrected chi connectivity index (χ2v) is 12.1. The Morgan fingerprint density at radius 2 is 1.39 bits per heavy atom. The van der Waals surface area contributed by atoms with Gasteiger partial charge < -0.3 is 5.32 Å². The summed E-state index contributed by atoms with van der Waals surface area (Å²) in [6, 6.07) is 19.6. The summed E-state index contributed by atoms with van der Waals surface area (Å²) in [5.41, 5.74) is 3.90. The largest absolute Gasteiger partial charge is 0.326 e. The number of unbranched alkanes of at least 4 members (excludes halogenated alkanes) is 2. The molecule has 0 radical (unpaired) electrons. The van der Waals surface area contributed by atoms with Crippen LogP contribution in [-0.4, -0.2) is 34.1 Å². The summed E-state index contributed by atoms with van der Waals surface area (Å²) < 4.78 is 0. The Labute approximate surface area is 246 Å². The van der Waals surface area contributed by atoms with E-state index in [2.05, 4.69) is 5.32 Å². The van der Waals surface area contributed by atoms with Gasteiger partial charge >= 0.3 is 0 Å². The third-order valence-electron chi connectivity index (χ3n) is 8.65. The molecule has 0 spiro atoms. The van der Waals surface area contributed by atoms with Crippen molar-refractivity contribution in [3.05, 3.63) is 105 Å². The summed E-state index contributed by atoms with van der Waals surface area (Å²) >= 11 is 14.9. The van der Waals surface area contributed by atoms with Crippen LogP contribution in [0.5, 0.6) is 0 Å². The highest BCUT2D eigenvalue weighted by Crippen LogP contribution is 2.69. The zero-order valence-electron chi connectivity index (χ0n) is 22.2. The van der Waals surface area contributed by atoms with Gasteiger partial charge in [-0.05, 0) is 48.1 Å². The molecule has 7 rings (SSSR count). The molecule has 3 aromatic carbocycles. The molecule has 0 unspecified atom stereocenters. The van der Waals surface area contributed by atoms with Crippen LogP contribution in [0.4, 0.5) is 11.4 Å². The first kappa shape index (κ1) is 27.4. The van der Waals surface area contributed by atoms with E-state index in [1.807, 2.05) is 48.5 Å². The molecular weight excluding hydrogens is 565 g/mol. The number of benzene rings is 3. The SMILES string of the molecule is Cc1ccc(NC(=O)CCCCCN2C(=O)[C@H]3[C@H](C2=O)C2(Cl)c4ccccc4C3(Cl)c3ccccc32)cc1[N+](=O)[O-]. The molecule has 3 aliphatic carbocycles. The Morgan fingerprint density at radius 1 is 0.878 bits per heavy atom. The summed E-state index contributed by atoms with van der Waals surface area (Å²) in [4.78, 5) is 49.7. The van der Waals surface area contributed by atoms with E-state index in [-0.39, 0.29) is 36.4 Å². The molecule has 3 amide bonds. The smallest absolute Gasteiger partial charge is 0.274 e. The highest BCUT2D eigenvalue weighted by Gasteiger charge is 2.72. The predicted octanol–water partition coefficient (Wildman–Crippen LogP) is 6.00. The van der Waals surface area contributed by atoms with Crippen LogP contribution in [0.3, 0.4) is 0 Å². The maximum Gasteiger partial charge on any atom is 0.274 e. The molecule has 1 N–H and O–H groups in total. The number of nitrogens with zero attached hydrogens (tertiary/aromatic N) is 2. The lowest BCUT2D eigenvalue weighted by Crippen LogP contribution is -2.57. The Kier molecular flexibility index (Phi) is 6.66. The van der Waals surface area contributed by atoms with Crippen LogP contribution in [0.2, 0.25) is 0 Å². The minimum absolute atomic E-state index is 0.0552. The van der Waals surface area contributed by atoms with Gasteiger partial charge in [-0.3, -0.25) is 29.4 Å². The van der Waals surface area contributed by atoms with Crippen LogP contribution in [0.1, 0.15) is 53.5 Å². The molecule has 2 atom stereocenters. The summed E-state index contributed by atoms with van der Waals surface area (Å²) in [5.74, 6) is -2.53. The molecule has 0 aromatic heterocycles. The number of rotatable bonds is 8. The molecule has 0 saturated carbocycles. The first-order chi connectivity index (χ1) is 19.6. The standard InChI is InChI=1S/C31H27Cl2N3O5/c1-18-14-15-19(17-24(18)36(40)41)34-25(37)13-3-2-8-16-35-28(38)26-27(29(35)39)31(33)21-10-5-4-9-20(21)30(26,32)22-11-6-7-12-23(22)31/h4-7,9-12,14-15,17,26-27H,2-3,8,13,16H2,1H3,(H,34,37)/t26-,27-,30?,31?/m1/s1. The first-order valence-electron chi connectivity index (χ1n) is 13.6. The number of carbonyl (C=O) groups is 3. The number of carbonyl (C=O) groups excluding carboxylic acids is 3. The van der Waals surface area contributed by atoms with Crippen LogP contribution < -0.4 is 5.32 Å². The minimum Gasteiger partial charge on any atom is -0.326 e. The van der Waals surface area contributed by atoms with Gasteiger partial charge in [0.05, 0.1) is 16.8 Å². The molecular formula is C31H27Cl2N3O5. The van der Waals surface area contributed by atoms with Crippen molar-refractivity contribution < 1.29 is 19.3 Å². The van der Waals surface area contributed by atoms with E-state index >= 15 is 0 Å². The molecule has 210 valence electrons. The third kappa shape index (κ3) is 3.99. The van der Waals surface area contributed by atoms with Crippen molar-refractivity contribution in [2.45, 2.75) is 42.4 Å². The first-order valence-corrected chi connectivity index (χ1v) is 14.3. The number of imide groups is 1. The Hall–Kier alpha value is -3.75. The van der Waals surface area contributed by atoms with E-state index in [9.17, 15) is 24.5 Å². The second-order valence-electron chi connectivity index (χ2n) is 10.9. The van der Waals surface area contributed by atoms with Gasteiger partial charge in [0, 0.05) is 30.3 Å². The number of nitro groups is 1. The molecule has 1 fully saturated rings. The number of hydrogen-bond acceptors (Lipinski definition) is 5. The molecule has 4 aliphatic rings. The van der Waals surface area contributed by atoms with E-state index < -0.39 is 26.5 Å². The van der Waals surface area contributed by atoms with Gasteiger partial charge in [-0.15, -0.1) is 23.2 Å². The number of halogens is 2. The Morgan fingerprint density at radius 3 is 1.88 bits per heavy atom. The van der Waals surface area contributed by atoms with Crippen molar-refractivity contribution in [2.75, 3.05) is 11.9 Å². The van der Waals surface area contributed by atoms with Crippen LogP contribution in [-0.2, 0) is 24.1 Å². The molecule has 1 aliphatic heterocycles. The number of anilines is 1. The van der Waals surface area contributed by atoms with E-state index in [1.54, 1.807) is 19.1 Å². The molecule has 1 heterocycles. The zero-order valence-corrected chi connectivity index (χ0v) is 23.7. The number of alkyl halides is 2. The monoisotopic (exact) mass is 591 g/mol. The van der Waals surface area contributed by atoms with Crippen molar-refractivity contribution in [1.29, 1.82) is 0 Å². The minimum atomic E-state index is -1.20. The van der Waals surface area contributed by atoms with E-state index in [0.717, 1.165) is 22.3 Å². The maximum atomic E-state index is 13.8. The lowest BCUT2D eigenvalue weighted by atomic mass is 9.54. The van der Waals surface area contributed by atoms with Crippen LogP contribution >= 0.6 is 23.2 Å². The lowest BCUT2D eigenvalue weighted by Gasteiger charge is -2.54. The average molecular weight is 592 g/mol. The van der Waals surface area contributed by atoms with E-state index in [1.165, 1.54) is 11.0 Å². The van der Waals surface area contributed by atoms with Crippen LogP contribution in [0.15, 0.2) is 66.7 Å². The van der Waals surface area contributed by atoms with Crippen molar-refractivity contribution >= 4 is 52.3 Å². The quantitative estimate of drug-likeness (QED) is 0.114. The van der Waals surface area contributed by atoms with E-state index in [4.69, 9.17) is 23.2 Å². The van der Waals surface area contributed by atoms with Gasteiger partial charge in [0.2, 0.25) is 17.7 Å². The summed E-state index contributed by atoms with van der Waals surface area (Å²) in [5, 5.41) is 13.9. The summed E-state index contributed by atoms with van der Waals surface area (Å²) in [7, 11) is 0. The fraction of sp³-hybridized carbons (Fsp3) is 0.323. The van der Waals surface area contributed by atoms with Gasteiger partial charge in [-0.1, -0.05) is 61.0 Å². The third-order valence-corrected chi connectivity index (χ3v) is 9.94. The number of aryl methyl sites for hydroxylation is 1. The van der Waals surface area contributed by atoms with Crippen molar-refractivity contribution in [1.82, 2.24) is 4.90 Å². The maximum absolute atomic E-state index is 13.8. The second kappa shape index (κ2) is 9.96. The van der Waals surface area contributed by atoms with Gasteiger partial charge in [0.15, 0.2) is 0 Å². The van der Waals surface area contributed by atoms with Crippen molar-refractivity contribution in [3.8, 4) is 0 Å². The summed E-state index contributed by atoms with van der Waals surface area (Å²) in [6.45, 7) is 1.85. The number of nitro benzene ring substituents is 1. The predicted molar refractivity (Wildman–Crippen MR) is 155 cm³/mol. The highest BCUT2D eigenvalue weighted by atomic mass is 35.5. The van der Waals surface area contributed by atoms with Gasteiger partial charge in [-0.2, -0.15) is 0 Å². The average Bonchev–Trinajstić information content (AvgIpc) is 3.22. The molecule has 8 nitrogen and oxygen atoms in total. The van der Waals surface area contributed by atoms with Gasteiger partial charge in [-0.25, -0.2) is 0 Å². The molecule has 1 saturated heterocycles. The molecule has 3 aromatic rings. The number of amides is 3. The lowest BCUT2D eigenvalue weighted by molar-refractivity contribution is -0.385. The van der Waals surface area contributed by atoms with Crippen LogP contribution in [0.25, 0.3) is 0 Å². The fourth-order valence-corrected chi connectivity index (χ4v) is 7.88. The number of nitrogens with one attached hydrogen (secondary N) is 1. The van der Waals surface area contributed by atoms with Crippen molar-refractivity contribution in [3.63, 3.8) is 0 Å². The van der Waals surface area contributed by atoms with Crippen LogP contribution in [0, 0.1) is 28.9 Å². The summed E-state index contributed by atoms with van der Waals surface area (Å²) in [6.07, 6.45) is 1.85. The number of likely N-dealkylation sites (tertiary alicyclic amines) is 1. The Balaban J connectivity index is 1.13. The zero-order chi connectivity index (χ0) is 29.1.